The molecule has 0 saturated carbocycles. The quantitative estimate of drug-likeness (QED) is 0.908. The van der Waals surface area contributed by atoms with Crippen LogP contribution >= 0.6 is 11.8 Å². The summed E-state index contributed by atoms with van der Waals surface area (Å²) in [5, 5.41) is 4.17. The summed E-state index contributed by atoms with van der Waals surface area (Å²) in [4.78, 5) is 19.7. The molecule has 1 N–H and O–H groups in total. The average Bonchev–Trinajstić information content (AvgIpc) is 3.19. The Bertz CT molecular complexity index is 862. The third kappa shape index (κ3) is 3.29. The molecule has 2 heterocycles. The molecule has 1 unspecified atom stereocenters. The number of nitrogens with one attached hydrogen (secondary N) is 1. The molecule has 25 heavy (non-hydrogen) atoms. The zero-order valence-corrected chi connectivity index (χ0v) is 15.3. The first kappa shape index (κ1) is 16.2. The number of amidine groups is 1. The minimum Gasteiger partial charge on any atom is -0.348 e. The normalized spacial score (nSPS) is 18.9. The first-order valence-electron chi connectivity index (χ1n) is 8.54. The Kier molecular flexibility index (Phi) is 4.25. The van der Waals surface area contributed by atoms with Gasteiger partial charge in [0.25, 0.3) is 5.91 Å². The molecular formula is C20H21N3OS. The fourth-order valence-corrected chi connectivity index (χ4v) is 4.24. The maximum atomic E-state index is 12.5. The number of hydrogen-bond acceptors (Lipinski definition) is 4. The Hall–Kier alpha value is -2.27. The van der Waals surface area contributed by atoms with E-state index in [9.17, 15) is 4.79 Å². The van der Waals surface area contributed by atoms with E-state index in [2.05, 4.69) is 16.3 Å². The molecular weight excluding hydrogens is 330 g/mol. The zero-order valence-electron chi connectivity index (χ0n) is 14.5. The maximum absolute atomic E-state index is 12.5. The number of fused-ring (bicyclic) bond motifs is 1. The lowest BCUT2D eigenvalue weighted by molar-refractivity contribution is 0.102. The van der Waals surface area contributed by atoms with Crippen LogP contribution in [0.15, 0.2) is 47.5 Å². The Morgan fingerprint density at radius 1 is 1.20 bits per heavy atom. The molecule has 5 heteroatoms. The highest BCUT2D eigenvalue weighted by molar-refractivity contribution is 8.14. The monoisotopic (exact) mass is 351 g/mol. The van der Waals surface area contributed by atoms with Crippen molar-refractivity contribution in [2.24, 2.45) is 4.99 Å². The van der Waals surface area contributed by atoms with Crippen molar-refractivity contribution in [3.05, 3.63) is 64.7 Å². The summed E-state index contributed by atoms with van der Waals surface area (Å²) in [6.07, 6.45) is 0. The van der Waals surface area contributed by atoms with Gasteiger partial charge in [0.05, 0.1) is 6.04 Å². The topological polar surface area (TPSA) is 44.7 Å². The van der Waals surface area contributed by atoms with Crippen LogP contribution in [0.2, 0.25) is 0 Å². The second-order valence-corrected chi connectivity index (χ2v) is 7.66. The van der Waals surface area contributed by atoms with Crippen molar-refractivity contribution in [3.63, 3.8) is 0 Å². The fraction of sp³-hybridized carbons (Fsp3) is 0.300. The van der Waals surface area contributed by atoms with Gasteiger partial charge in [0.15, 0.2) is 5.17 Å². The number of carbonyl (C=O) groups excluding carboxylic acids is 1. The summed E-state index contributed by atoms with van der Waals surface area (Å²) in [5.74, 6) is 1.06. The van der Waals surface area contributed by atoms with Crippen molar-refractivity contribution in [2.75, 3.05) is 24.2 Å². The summed E-state index contributed by atoms with van der Waals surface area (Å²) in [7, 11) is 0. The summed E-state index contributed by atoms with van der Waals surface area (Å²) < 4.78 is 0. The van der Waals surface area contributed by atoms with Gasteiger partial charge in [0.1, 0.15) is 0 Å². The number of nitrogens with zero attached hydrogens (tertiary/aromatic N) is 2. The Balaban J connectivity index is 1.51. The van der Waals surface area contributed by atoms with Crippen LogP contribution in [0.4, 0.5) is 5.69 Å². The number of thioether (sulfide) groups is 1. The van der Waals surface area contributed by atoms with E-state index in [1.807, 2.05) is 62.0 Å². The zero-order chi connectivity index (χ0) is 17.4. The van der Waals surface area contributed by atoms with Gasteiger partial charge in [-0.3, -0.25) is 9.79 Å². The minimum absolute atomic E-state index is 0.0749. The number of aliphatic imine (C=N–C) groups is 1. The van der Waals surface area contributed by atoms with E-state index in [0.717, 1.165) is 40.8 Å². The van der Waals surface area contributed by atoms with Gasteiger partial charge in [-0.05, 0) is 54.8 Å². The van der Waals surface area contributed by atoms with Crippen molar-refractivity contribution >= 4 is 28.5 Å². The molecule has 4 nitrogen and oxygen atoms in total. The number of aryl methyl sites for hydroxylation is 2. The average molecular weight is 351 g/mol. The van der Waals surface area contributed by atoms with Gasteiger partial charge in [-0.25, -0.2) is 0 Å². The molecule has 2 aliphatic rings. The maximum Gasteiger partial charge on any atom is 0.255 e. The van der Waals surface area contributed by atoms with Gasteiger partial charge in [0, 0.05) is 30.1 Å². The molecule has 0 spiro atoms. The molecule has 128 valence electrons. The number of hydrogen-bond donors (Lipinski definition) is 1. The van der Waals surface area contributed by atoms with Crippen LogP contribution in [0.3, 0.4) is 0 Å². The van der Waals surface area contributed by atoms with Crippen LogP contribution in [0.5, 0.6) is 0 Å². The smallest absolute Gasteiger partial charge is 0.255 e. The second kappa shape index (κ2) is 6.56. The van der Waals surface area contributed by atoms with Gasteiger partial charge in [-0.15, -0.1) is 0 Å². The van der Waals surface area contributed by atoms with Crippen LogP contribution in [-0.2, 0) is 0 Å². The van der Waals surface area contributed by atoms with E-state index < -0.39 is 0 Å². The van der Waals surface area contributed by atoms with E-state index in [1.165, 1.54) is 5.56 Å². The van der Waals surface area contributed by atoms with E-state index in [4.69, 9.17) is 4.99 Å². The predicted molar refractivity (Wildman–Crippen MR) is 105 cm³/mol. The molecule has 0 bridgehead atoms. The Morgan fingerprint density at radius 2 is 2.08 bits per heavy atom. The number of carbonyl (C=O) groups is 1. The molecule has 2 aromatic carbocycles. The lowest BCUT2D eigenvalue weighted by Crippen LogP contribution is -2.21. The van der Waals surface area contributed by atoms with Crippen molar-refractivity contribution in [3.8, 4) is 0 Å². The van der Waals surface area contributed by atoms with E-state index >= 15 is 0 Å². The van der Waals surface area contributed by atoms with Crippen molar-refractivity contribution < 1.29 is 4.79 Å². The van der Waals surface area contributed by atoms with E-state index in [0.29, 0.717) is 5.56 Å². The third-order valence-electron chi connectivity index (χ3n) is 4.82. The minimum atomic E-state index is -0.0749. The van der Waals surface area contributed by atoms with E-state index in [1.54, 1.807) is 0 Å². The van der Waals surface area contributed by atoms with Crippen LogP contribution < -0.4 is 5.32 Å². The third-order valence-corrected chi connectivity index (χ3v) is 5.83. The highest BCUT2D eigenvalue weighted by atomic mass is 32.2. The number of anilines is 1. The molecule has 4 rings (SSSR count). The summed E-state index contributed by atoms with van der Waals surface area (Å²) >= 11 is 1.83. The van der Waals surface area contributed by atoms with Gasteiger partial charge >= 0.3 is 0 Å². The van der Waals surface area contributed by atoms with Crippen LogP contribution in [0.1, 0.15) is 33.1 Å². The molecule has 2 aliphatic heterocycles. The van der Waals surface area contributed by atoms with Crippen LogP contribution in [0, 0.1) is 13.8 Å². The SMILES string of the molecule is Cc1ccc(C(=O)Nc2cccc(C3CN4CCSC4=N3)c2)cc1C. The molecule has 1 fully saturated rings. The fourth-order valence-electron chi connectivity index (χ4n) is 3.19. The number of benzene rings is 2. The molecule has 2 aromatic rings. The second-order valence-electron chi connectivity index (χ2n) is 6.60. The van der Waals surface area contributed by atoms with Crippen molar-refractivity contribution in [1.29, 1.82) is 0 Å². The van der Waals surface area contributed by atoms with E-state index in [-0.39, 0.29) is 11.9 Å². The summed E-state index contributed by atoms with van der Waals surface area (Å²) in [6.45, 7) is 6.10. The highest BCUT2D eigenvalue weighted by Gasteiger charge is 2.30. The lowest BCUT2D eigenvalue weighted by atomic mass is 10.1. The van der Waals surface area contributed by atoms with Gasteiger partial charge in [-0.1, -0.05) is 30.0 Å². The summed E-state index contributed by atoms with van der Waals surface area (Å²) in [5.41, 5.74) is 4.98. The Morgan fingerprint density at radius 3 is 2.88 bits per heavy atom. The molecule has 1 atom stereocenters. The molecule has 0 aliphatic carbocycles. The van der Waals surface area contributed by atoms with Gasteiger partial charge < -0.3 is 10.2 Å². The highest BCUT2D eigenvalue weighted by Crippen LogP contribution is 2.33. The van der Waals surface area contributed by atoms with Crippen molar-refractivity contribution in [1.82, 2.24) is 4.90 Å². The van der Waals surface area contributed by atoms with Gasteiger partial charge in [0.2, 0.25) is 0 Å². The Labute approximate surface area is 152 Å². The molecule has 0 radical (unpaired) electrons. The lowest BCUT2D eigenvalue weighted by Gasteiger charge is -2.14. The van der Waals surface area contributed by atoms with Gasteiger partial charge in [-0.2, -0.15) is 0 Å². The first-order chi connectivity index (χ1) is 12.1. The summed E-state index contributed by atoms with van der Waals surface area (Å²) in [6, 6.07) is 14.0. The number of rotatable bonds is 3. The standard InChI is InChI=1S/C20H21N3OS/c1-13-6-7-16(10-14(13)2)19(24)21-17-5-3-4-15(11-17)18-12-23-8-9-25-20(23)22-18/h3-7,10-11,18H,8-9,12H2,1-2H3,(H,21,24). The molecule has 1 amide bonds. The van der Waals surface area contributed by atoms with Crippen LogP contribution in [0.25, 0.3) is 0 Å². The number of amides is 1. The molecule has 1 saturated heterocycles. The largest absolute Gasteiger partial charge is 0.348 e. The first-order valence-corrected chi connectivity index (χ1v) is 9.53. The van der Waals surface area contributed by atoms with Crippen LogP contribution in [-0.4, -0.2) is 34.8 Å². The molecule has 0 aromatic heterocycles. The van der Waals surface area contributed by atoms with Crippen molar-refractivity contribution in [2.45, 2.75) is 19.9 Å². The predicted octanol–water partition coefficient (Wildman–Crippen LogP) is 4.02.